The van der Waals surface area contributed by atoms with E-state index in [1.54, 1.807) is 14.1 Å². The van der Waals surface area contributed by atoms with Gasteiger partial charge in [-0.05, 0) is 12.8 Å². The summed E-state index contributed by atoms with van der Waals surface area (Å²) in [5.74, 6) is 0.148. The highest BCUT2D eigenvalue weighted by Gasteiger charge is 2.33. The van der Waals surface area contributed by atoms with Gasteiger partial charge in [-0.2, -0.15) is 0 Å². The van der Waals surface area contributed by atoms with Crippen molar-refractivity contribution in [2.45, 2.75) is 90.9 Å². The van der Waals surface area contributed by atoms with Gasteiger partial charge in [0.25, 0.3) is 0 Å². The Bertz CT molecular complexity index is 275. The number of nitrogens with zero attached hydrogens (tertiary/aromatic N) is 1. The zero-order valence-electron chi connectivity index (χ0n) is 15.1. The summed E-state index contributed by atoms with van der Waals surface area (Å²) in [5, 5.41) is 0. The molecule has 3 nitrogen and oxygen atoms in total. The molecular formula is C18H36ClNO2. The summed E-state index contributed by atoms with van der Waals surface area (Å²) in [6, 6.07) is 0. The van der Waals surface area contributed by atoms with E-state index in [4.69, 9.17) is 0 Å². The lowest BCUT2D eigenvalue weighted by molar-refractivity contribution is -0.736. The molecule has 0 saturated heterocycles. The average Bonchev–Trinajstić information content (AvgIpc) is 2.46. The quantitative estimate of drug-likeness (QED) is 0.403. The van der Waals surface area contributed by atoms with Crippen LogP contribution in [0.1, 0.15) is 90.9 Å². The van der Waals surface area contributed by atoms with Crippen molar-refractivity contribution in [2.75, 3.05) is 14.1 Å². The average molecular weight is 334 g/mol. The Balaban J connectivity index is 0. The van der Waals surface area contributed by atoms with Crippen molar-refractivity contribution in [3.05, 3.63) is 0 Å². The molecule has 0 aromatic rings. The van der Waals surface area contributed by atoms with Crippen LogP contribution in [0.15, 0.2) is 0 Å². The largest absolute Gasteiger partial charge is 1.00 e. The van der Waals surface area contributed by atoms with E-state index in [0.717, 1.165) is 25.7 Å². The molecule has 4 heteroatoms. The molecule has 0 atom stereocenters. The lowest BCUT2D eigenvalue weighted by Gasteiger charge is -2.24. The zero-order valence-corrected chi connectivity index (χ0v) is 15.9. The smallest absolute Gasteiger partial charge is 0.320 e. The summed E-state index contributed by atoms with van der Waals surface area (Å²) in [5.41, 5.74) is 0. The second-order valence-corrected chi connectivity index (χ2v) is 6.57. The second-order valence-electron chi connectivity index (χ2n) is 6.57. The summed E-state index contributed by atoms with van der Waals surface area (Å²) in [6.07, 6.45) is 12.4. The predicted molar refractivity (Wildman–Crippen MR) is 88.9 cm³/mol. The fourth-order valence-corrected chi connectivity index (χ4v) is 2.46. The standard InChI is InChI=1S/C18H36NO2.ClH/c1-5-7-9-11-13-15-17(20)19(3,4)18(21)16-14-12-10-8-6-2;/h5-16H2,1-4H3;1H/q+1;/p-1. The summed E-state index contributed by atoms with van der Waals surface area (Å²) >= 11 is 0. The number of carbonyl (C=O) groups is 2. The number of quaternary nitrogens is 1. The van der Waals surface area contributed by atoms with Crippen LogP contribution in [0.4, 0.5) is 0 Å². The zero-order chi connectivity index (χ0) is 16.1. The number of rotatable bonds is 12. The van der Waals surface area contributed by atoms with Crippen LogP contribution in [0.25, 0.3) is 0 Å². The number of halogens is 1. The molecule has 0 bridgehead atoms. The van der Waals surface area contributed by atoms with Gasteiger partial charge in [0.05, 0.1) is 26.9 Å². The first-order valence-electron chi connectivity index (χ1n) is 8.87. The van der Waals surface area contributed by atoms with Gasteiger partial charge in [0, 0.05) is 0 Å². The minimum Gasteiger partial charge on any atom is -1.00 e. The molecule has 132 valence electrons. The lowest BCUT2D eigenvalue weighted by Crippen LogP contribution is -3.00. The molecule has 0 aliphatic rings. The molecule has 0 aliphatic heterocycles. The number of carbonyl (C=O) groups excluding carboxylic acids is 2. The summed E-state index contributed by atoms with van der Waals surface area (Å²) < 4.78 is -0.0679. The molecule has 0 aromatic heterocycles. The Morgan fingerprint density at radius 3 is 1.27 bits per heavy atom. The van der Waals surface area contributed by atoms with Gasteiger partial charge in [-0.1, -0.05) is 65.2 Å². The van der Waals surface area contributed by atoms with Crippen LogP contribution < -0.4 is 12.4 Å². The molecule has 0 saturated carbocycles. The van der Waals surface area contributed by atoms with Crippen LogP contribution in [0, 0.1) is 0 Å². The van der Waals surface area contributed by atoms with E-state index >= 15 is 0 Å². The molecule has 0 radical (unpaired) electrons. The maximum Gasteiger partial charge on any atom is 0.320 e. The normalized spacial score (nSPS) is 11.1. The maximum absolute atomic E-state index is 12.2. The number of hydrogen-bond donors (Lipinski definition) is 0. The van der Waals surface area contributed by atoms with E-state index in [2.05, 4.69) is 13.8 Å². The molecule has 22 heavy (non-hydrogen) atoms. The fraction of sp³-hybridized carbons (Fsp3) is 0.889. The Kier molecular flexibility index (Phi) is 15.4. The highest BCUT2D eigenvalue weighted by Crippen LogP contribution is 2.14. The first kappa shape index (κ1) is 23.9. The summed E-state index contributed by atoms with van der Waals surface area (Å²) in [6.45, 7) is 4.37. The molecule has 0 aliphatic carbocycles. The van der Waals surface area contributed by atoms with E-state index in [9.17, 15) is 9.59 Å². The van der Waals surface area contributed by atoms with Gasteiger partial charge in [-0.25, -0.2) is 14.1 Å². The third-order valence-electron chi connectivity index (χ3n) is 4.24. The third kappa shape index (κ3) is 10.3. The van der Waals surface area contributed by atoms with E-state index in [0.29, 0.717) is 12.8 Å². The first-order valence-corrected chi connectivity index (χ1v) is 8.87. The van der Waals surface area contributed by atoms with E-state index in [-0.39, 0.29) is 28.7 Å². The van der Waals surface area contributed by atoms with Gasteiger partial charge < -0.3 is 12.4 Å². The molecule has 0 unspecified atom stereocenters. The van der Waals surface area contributed by atoms with Gasteiger partial charge >= 0.3 is 11.8 Å². The SMILES string of the molecule is CCCCCCCC(=O)[N+](C)(C)C(=O)CCCCCCC.[Cl-]. The predicted octanol–water partition coefficient (Wildman–Crippen LogP) is 1.84. The molecule has 0 fully saturated rings. The van der Waals surface area contributed by atoms with Crippen molar-refractivity contribution < 1.29 is 26.5 Å². The molecule has 0 N–H and O–H groups in total. The maximum atomic E-state index is 12.2. The Morgan fingerprint density at radius 1 is 0.636 bits per heavy atom. The lowest BCUT2D eigenvalue weighted by atomic mass is 10.1. The minimum atomic E-state index is -0.0679. The van der Waals surface area contributed by atoms with Crippen LogP contribution in [-0.2, 0) is 9.59 Å². The van der Waals surface area contributed by atoms with Gasteiger partial charge in [-0.3, -0.25) is 0 Å². The third-order valence-corrected chi connectivity index (χ3v) is 4.24. The van der Waals surface area contributed by atoms with Crippen LogP contribution in [0.3, 0.4) is 0 Å². The van der Waals surface area contributed by atoms with Gasteiger partial charge in [0.2, 0.25) is 0 Å². The van der Waals surface area contributed by atoms with Crippen molar-refractivity contribution in [3.8, 4) is 0 Å². The Hall–Kier alpha value is -0.410. The molecule has 0 rings (SSSR count). The molecule has 0 heterocycles. The summed E-state index contributed by atoms with van der Waals surface area (Å²) in [7, 11) is 3.51. The number of amides is 2. The summed E-state index contributed by atoms with van der Waals surface area (Å²) in [4.78, 5) is 24.5. The van der Waals surface area contributed by atoms with Crippen LogP contribution >= 0.6 is 0 Å². The monoisotopic (exact) mass is 333 g/mol. The fourth-order valence-electron chi connectivity index (χ4n) is 2.46. The number of imide groups is 1. The Labute approximate surface area is 143 Å². The van der Waals surface area contributed by atoms with E-state index in [1.807, 2.05) is 0 Å². The van der Waals surface area contributed by atoms with Crippen molar-refractivity contribution in [3.63, 3.8) is 0 Å². The van der Waals surface area contributed by atoms with Crippen LogP contribution in [-0.4, -0.2) is 30.4 Å². The highest BCUT2D eigenvalue weighted by atomic mass is 35.5. The molecule has 0 spiro atoms. The van der Waals surface area contributed by atoms with Crippen molar-refractivity contribution in [1.82, 2.24) is 0 Å². The van der Waals surface area contributed by atoms with Crippen molar-refractivity contribution >= 4 is 11.8 Å². The molecule has 2 amide bonds. The number of hydrogen-bond acceptors (Lipinski definition) is 2. The van der Waals surface area contributed by atoms with Crippen LogP contribution in [0.2, 0.25) is 0 Å². The van der Waals surface area contributed by atoms with Gasteiger partial charge in [0.1, 0.15) is 0 Å². The second kappa shape index (κ2) is 14.2. The van der Waals surface area contributed by atoms with Crippen LogP contribution in [0.5, 0.6) is 0 Å². The number of unbranched alkanes of at least 4 members (excludes halogenated alkanes) is 8. The van der Waals surface area contributed by atoms with E-state index in [1.165, 1.54) is 38.5 Å². The molecular weight excluding hydrogens is 298 g/mol. The van der Waals surface area contributed by atoms with Crippen molar-refractivity contribution in [2.24, 2.45) is 0 Å². The minimum absolute atomic E-state index is 0. The topological polar surface area (TPSA) is 34.1 Å². The van der Waals surface area contributed by atoms with Crippen molar-refractivity contribution in [1.29, 1.82) is 0 Å². The highest BCUT2D eigenvalue weighted by molar-refractivity contribution is 5.84. The van der Waals surface area contributed by atoms with Gasteiger partial charge in [0.15, 0.2) is 0 Å². The molecule has 0 aromatic carbocycles. The van der Waals surface area contributed by atoms with Gasteiger partial charge in [-0.15, -0.1) is 0 Å². The Morgan fingerprint density at radius 2 is 0.955 bits per heavy atom. The first-order chi connectivity index (χ1) is 9.96. The van der Waals surface area contributed by atoms with E-state index < -0.39 is 0 Å².